The summed E-state index contributed by atoms with van der Waals surface area (Å²) in [6, 6.07) is 1.49. The van der Waals surface area contributed by atoms with Crippen LogP contribution in [0.15, 0.2) is 15.1 Å². The minimum atomic E-state index is -0.666. The number of methoxy groups -OCH3 is 1. The van der Waals surface area contributed by atoms with Crippen molar-refractivity contribution < 1.29 is 19.1 Å². The quantitative estimate of drug-likeness (QED) is 0.766. The molecule has 0 atom stereocenters. The van der Waals surface area contributed by atoms with Crippen LogP contribution in [-0.4, -0.2) is 30.3 Å². The fraction of sp³-hybridized carbons (Fsp3) is 0.333. The fourth-order valence-corrected chi connectivity index (χ4v) is 1.93. The van der Waals surface area contributed by atoms with Crippen molar-refractivity contribution in [3.05, 3.63) is 20.8 Å². The Morgan fingerprint density at radius 2 is 2.06 bits per heavy atom. The summed E-state index contributed by atoms with van der Waals surface area (Å²) < 4.78 is 11.4. The van der Waals surface area contributed by atoms with Gasteiger partial charge in [0.2, 0.25) is 0 Å². The maximum atomic E-state index is 11.6. The number of halogens is 2. The van der Waals surface area contributed by atoms with Crippen molar-refractivity contribution in [1.29, 1.82) is 0 Å². The van der Waals surface area contributed by atoms with Crippen LogP contribution in [0.25, 0.3) is 0 Å². The number of hydrogen-bond acceptors (Lipinski definition) is 4. The van der Waals surface area contributed by atoms with Crippen LogP contribution in [0.2, 0.25) is 0 Å². The summed E-state index contributed by atoms with van der Waals surface area (Å²) in [7, 11) is 1.23. The second-order valence-corrected chi connectivity index (χ2v) is 4.30. The zero-order valence-electron chi connectivity index (χ0n) is 8.62. The van der Waals surface area contributed by atoms with Crippen LogP contribution in [0.4, 0.5) is 4.79 Å². The lowest BCUT2D eigenvalue weighted by Crippen LogP contribution is -2.19. The highest BCUT2D eigenvalue weighted by Crippen LogP contribution is 2.28. The van der Waals surface area contributed by atoms with Gasteiger partial charge in [-0.2, -0.15) is 0 Å². The van der Waals surface area contributed by atoms with Gasteiger partial charge in [0.1, 0.15) is 10.3 Å². The van der Waals surface area contributed by atoms with E-state index in [1.54, 1.807) is 6.92 Å². The van der Waals surface area contributed by atoms with Crippen LogP contribution in [0, 0.1) is 0 Å². The molecule has 0 unspecified atom stereocenters. The number of nitrogens with zero attached hydrogens (tertiary/aromatic N) is 1. The summed E-state index contributed by atoms with van der Waals surface area (Å²) in [6.07, 6.45) is -0.666. The van der Waals surface area contributed by atoms with Gasteiger partial charge < -0.3 is 9.47 Å². The molecule has 0 aliphatic carbocycles. The Morgan fingerprint density at radius 3 is 2.56 bits per heavy atom. The van der Waals surface area contributed by atoms with Crippen LogP contribution in [-0.2, 0) is 9.47 Å². The molecule has 0 N–H and O–H groups in total. The molecule has 0 radical (unpaired) electrons. The Bertz CT molecular complexity index is 427. The molecular weight excluding hydrogens is 346 g/mol. The molecule has 0 fully saturated rings. The summed E-state index contributed by atoms with van der Waals surface area (Å²) >= 11 is 6.37. The number of rotatable bonds is 2. The van der Waals surface area contributed by atoms with Gasteiger partial charge in [-0.25, -0.2) is 14.2 Å². The Labute approximate surface area is 109 Å². The summed E-state index contributed by atoms with van der Waals surface area (Å²) in [5.41, 5.74) is 0.104. The average molecular weight is 355 g/mol. The van der Waals surface area contributed by atoms with Gasteiger partial charge in [-0.05, 0) is 44.8 Å². The van der Waals surface area contributed by atoms with Crippen LogP contribution < -0.4 is 0 Å². The third-order valence-corrected chi connectivity index (χ3v) is 3.66. The number of esters is 1. The van der Waals surface area contributed by atoms with Crippen molar-refractivity contribution in [3.63, 3.8) is 0 Å². The van der Waals surface area contributed by atoms with E-state index in [2.05, 4.69) is 36.6 Å². The molecule has 0 amide bonds. The molecule has 0 bridgehead atoms. The average Bonchev–Trinajstić information content (AvgIpc) is 2.55. The highest BCUT2D eigenvalue weighted by molar-refractivity contribution is 9.13. The molecule has 5 nitrogen and oxygen atoms in total. The number of carbonyl (C=O) groups excluding carboxylic acids is 2. The largest absolute Gasteiger partial charge is 0.461 e. The first-order chi connectivity index (χ1) is 7.52. The first-order valence-corrected chi connectivity index (χ1v) is 5.93. The van der Waals surface area contributed by atoms with E-state index in [1.807, 2.05) is 0 Å². The maximum absolute atomic E-state index is 11.6. The summed E-state index contributed by atoms with van der Waals surface area (Å²) in [6.45, 7) is 1.92. The van der Waals surface area contributed by atoms with Crippen LogP contribution in [0.5, 0.6) is 0 Å². The molecule has 0 aliphatic heterocycles. The Balaban J connectivity index is 3.23. The van der Waals surface area contributed by atoms with Crippen molar-refractivity contribution in [2.75, 3.05) is 13.7 Å². The van der Waals surface area contributed by atoms with Gasteiger partial charge in [-0.15, -0.1) is 0 Å². The summed E-state index contributed by atoms with van der Waals surface area (Å²) in [5, 5.41) is 0. The van der Waals surface area contributed by atoms with Gasteiger partial charge in [0.05, 0.1) is 18.2 Å². The molecule has 16 heavy (non-hydrogen) atoms. The Hall–Kier alpha value is -0.820. The summed E-state index contributed by atoms with van der Waals surface area (Å²) in [4.78, 5) is 23.0. The van der Waals surface area contributed by atoms with E-state index in [0.29, 0.717) is 9.08 Å². The van der Waals surface area contributed by atoms with Crippen LogP contribution in [0.3, 0.4) is 0 Å². The zero-order valence-corrected chi connectivity index (χ0v) is 11.8. The number of carbonyl (C=O) groups is 2. The van der Waals surface area contributed by atoms with Crippen LogP contribution >= 0.6 is 31.9 Å². The second-order valence-electron chi connectivity index (χ2n) is 2.69. The van der Waals surface area contributed by atoms with Crippen molar-refractivity contribution in [2.45, 2.75) is 6.92 Å². The van der Waals surface area contributed by atoms with Gasteiger partial charge in [0.25, 0.3) is 0 Å². The lowest BCUT2D eigenvalue weighted by Gasteiger charge is -2.06. The molecular formula is C9H9Br2NO4. The first-order valence-electron chi connectivity index (χ1n) is 4.35. The molecule has 1 rings (SSSR count). The number of hydrogen-bond donors (Lipinski definition) is 0. The van der Waals surface area contributed by atoms with Crippen LogP contribution in [0.1, 0.15) is 17.4 Å². The van der Waals surface area contributed by atoms with E-state index in [1.165, 1.54) is 13.2 Å². The lowest BCUT2D eigenvalue weighted by atomic mass is 10.4. The SMILES string of the molecule is CCOC(=O)c1cc(Br)c(Br)n1C(=O)OC. The van der Waals surface area contributed by atoms with E-state index >= 15 is 0 Å². The fourth-order valence-electron chi connectivity index (χ4n) is 1.08. The first kappa shape index (κ1) is 13.2. The van der Waals surface area contributed by atoms with Crippen molar-refractivity contribution >= 4 is 43.9 Å². The predicted octanol–water partition coefficient (Wildman–Crippen LogP) is 2.80. The Morgan fingerprint density at radius 1 is 1.44 bits per heavy atom. The van der Waals surface area contributed by atoms with Gasteiger partial charge >= 0.3 is 12.1 Å². The molecule has 0 saturated carbocycles. The molecule has 0 spiro atoms. The third kappa shape index (κ3) is 2.46. The van der Waals surface area contributed by atoms with Crippen molar-refractivity contribution in [3.8, 4) is 0 Å². The summed E-state index contributed by atoms with van der Waals surface area (Å²) in [5.74, 6) is -0.584. The highest BCUT2D eigenvalue weighted by atomic mass is 79.9. The van der Waals surface area contributed by atoms with E-state index in [0.717, 1.165) is 4.57 Å². The molecule has 0 aromatic carbocycles. The second kappa shape index (κ2) is 5.49. The van der Waals surface area contributed by atoms with Crippen molar-refractivity contribution in [1.82, 2.24) is 4.57 Å². The molecule has 1 aromatic rings. The predicted molar refractivity (Wildman–Crippen MR) is 63.6 cm³/mol. The molecule has 88 valence electrons. The number of ether oxygens (including phenoxy) is 2. The molecule has 0 saturated heterocycles. The molecule has 1 heterocycles. The van der Waals surface area contributed by atoms with Gasteiger partial charge in [-0.3, -0.25) is 0 Å². The normalized spacial score (nSPS) is 10.0. The monoisotopic (exact) mass is 353 g/mol. The van der Waals surface area contributed by atoms with E-state index < -0.39 is 12.1 Å². The van der Waals surface area contributed by atoms with E-state index in [-0.39, 0.29) is 12.3 Å². The molecule has 1 aromatic heterocycles. The van der Waals surface area contributed by atoms with Gasteiger partial charge in [0.15, 0.2) is 0 Å². The lowest BCUT2D eigenvalue weighted by molar-refractivity contribution is 0.0512. The maximum Gasteiger partial charge on any atom is 0.419 e. The van der Waals surface area contributed by atoms with Crippen molar-refractivity contribution in [2.24, 2.45) is 0 Å². The standard InChI is InChI=1S/C9H9Br2NO4/c1-3-16-8(13)6-4-5(10)7(11)12(6)9(14)15-2/h4H,3H2,1-2H3. The topological polar surface area (TPSA) is 57.5 Å². The van der Waals surface area contributed by atoms with Gasteiger partial charge in [-0.1, -0.05) is 0 Å². The Kier molecular flexibility index (Phi) is 4.55. The smallest absolute Gasteiger partial charge is 0.419 e. The van der Waals surface area contributed by atoms with Gasteiger partial charge in [0, 0.05) is 0 Å². The third-order valence-electron chi connectivity index (χ3n) is 1.74. The minimum absolute atomic E-state index is 0.104. The molecule has 0 aliphatic rings. The highest BCUT2D eigenvalue weighted by Gasteiger charge is 2.23. The van der Waals surface area contributed by atoms with E-state index in [4.69, 9.17) is 4.74 Å². The number of aromatic nitrogens is 1. The molecule has 7 heteroatoms. The zero-order chi connectivity index (χ0) is 12.3. The minimum Gasteiger partial charge on any atom is -0.461 e. The van der Waals surface area contributed by atoms with E-state index in [9.17, 15) is 9.59 Å².